The van der Waals surface area contributed by atoms with Gasteiger partial charge in [0.15, 0.2) is 0 Å². The molecule has 17 heavy (non-hydrogen) atoms. The Morgan fingerprint density at radius 3 is 1.88 bits per heavy atom. The predicted octanol–water partition coefficient (Wildman–Crippen LogP) is 3.67. The molecule has 0 spiro atoms. The third-order valence-electron chi connectivity index (χ3n) is 1.52. The predicted molar refractivity (Wildman–Crippen MR) is 77.4 cm³/mol. The molecule has 0 bridgehead atoms. The first-order chi connectivity index (χ1) is 8.21. The van der Waals surface area contributed by atoms with E-state index in [1.54, 1.807) is 30.4 Å². The maximum absolute atomic E-state index is 11.3. The zero-order chi connectivity index (χ0) is 14.3. The summed E-state index contributed by atoms with van der Waals surface area (Å²) < 4.78 is 0. The van der Waals surface area contributed by atoms with E-state index in [1.165, 1.54) is 0 Å². The number of carbonyl (C=O) groups is 1. The number of hydrogen-bond acceptors (Lipinski definition) is 2. The van der Waals surface area contributed by atoms with Crippen molar-refractivity contribution < 1.29 is 4.79 Å². The molecule has 0 heterocycles. The number of hydrogen-bond donors (Lipinski definition) is 1. The Morgan fingerprint density at radius 2 is 1.65 bits per heavy atom. The van der Waals surface area contributed by atoms with Gasteiger partial charge in [0.25, 0.3) is 5.91 Å². The molecule has 0 unspecified atom stereocenters. The van der Waals surface area contributed by atoms with E-state index in [0.717, 1.165) is 0 Å². The molecule has 3 heteroatoms. The Hall–Kier alpha value is -1.51. The van der Waals surface area contributed by atoms with Crippen molar-refractivity contribution in [2.45, 2.75) is 41.5 Å². The lowest BCUT2D eigenvalue weighted by atomic mass is 10.3. The number of amides is 1. The molecule has 0 aliphatic heterocycles. The van der Waals surface area contributed by atoms with E-state index in [-0.39, 0.29) is 5.91 Å². The third kappa shape index (κ3) is 9.42. The SMILES string of the molecule is C=CN(/C=C/C)/C(=C\C)C(=O)NC.CC.CC. The summed E-state index contributed by atoms with van der Waals surface area (Å²) in [6.07, 6.45) is 6.94. The van der Waals surface area contributed by atoms with Gasteiger partial charge in [-0.25, -0.2) is 0 Å². The van der Waals surface area contributed by atoms with Crippen LogP contribution in [0.4, 0.5) is 0 Å². The van der Waals surface area contributed by atoms with Crippen LogP contribution in [-0.4, -0.2) is 17.9 Å². The van der Waals surface area contributed by atoms with Crippen molar-refractivity contribution >= 4 is 5.91 Å². The average molecular weight is 240 g/mol. The van der Waals surface area contributed by atoms with Crippen molar-refractivity contribution in [3.63, 3.8) is 0 Å². The lowest BCUT2D eigenvalue weighted by Gasteiger charge is -2.16. The van der Waals surface area contributed by atoms with Gasteiger partial charge in [-0.05, 0) is 13.8 Å². The van der Waals surface area contributed by atoms with Gasteiger partial charge in [-0.15, -0.1) is 0 Å². The highest BCUT2D eigenvalue weighted by atomic mass is 16.2. The van der Waals surface area contributed by atoms with Gasteiger partial charge >= 0.3 is 0 Å². The molecular formula is C14H28N2O. The normalized spacial score (nSPS) is 9.47. The van der Waals surface area contributed by atoms with Crippen molar-refractivity contribution in [1.82, 2.24) is 10.2 Å². The second-order valence-electron chi connectivity index (χ2n) is 2.33. The van der Waals surface area contributed by atoms with Crippen LogP contribution in [0.5, 0.6) is 0 Å². The number of nitrogens with one attached hydrogen (secondary N) is 1. The average Bonchev–Trinajstić information content (AvgIpc) is 2.42. The molecule has 1 N–H and O–H groups in total. The Bertz CT molecular complexity index is 243. The zero-order valence-corrected chi connectivity index (χ0v) is 12.4. The van der Waals surface area contributed by atoms with Gasteiger partial charge in [-0.3, -0.25) is 4.79 Å². The van der Waals surface area contributed by atoms with Gasteiger partial charge in [-0.2, -0.15) is 0 Å². The number of rotatable bonds is 4. The molecule has 0 saturated heterocycles. The molecular weight excluding hydrogens is 212 g/mol. The number of likely N-dealkylation sites (N-methyl/N-ethyl adjacent to an activating group) is 1. The van der Waals surface area contributed by atoms with E-state index in [0.29, 0.717) is 5.70 Å². The number of carbonyl (C=O) groups excluding carboxylic acids is 1. The Kier molecular flexibility index (Phi) is 20.7. The minimum absolute atomic E-state index is 0.125. The van der Waals surface area contributed by atoms with E-state index in [9.17, 15) is 4.79 Å². The molecule has 0 radical (unpaired) electrons. The molecule has 0 aromatic carbocycles. The van der Waals surface area contributed by atoms with Gasteiger partial charge in [0.05, 0.1) is 0 Å². The summed E-state index contributed by atoms with van der Waals surface area (Å²) in [5.41, 5.74) is 0.565. The highest BCUT2D eigenvalue weighted by molar-refractivity contribution is 5.92. The lowest BCUT2D eigenvalue weighted by Crippen LogP contribution is -2.27. The van der Waals surface area contributed by atoms with Crippen molar-refractivity contribution in [2.24, 2.45) is 0 Å². The van der Waals surface area contributed by atoms with E-state index in [2.05, 4.69) is 11.9 Å². The quantitative estimate of drug-likeness (QED) is 0.760. The minimum atomic E-state index is -0.125. The summed E-state index contributed by atoms with van der Waals surface area (Å²) in [5.74, 6) is -0.125. The Balaban J connectivity index is -0.000000439. The van der Waals surface area contributed by atoms with Crippen LogP contribution in [0, 0.1) is 0 Å². The standard InChI is InChI=1S/C10H16N2O.2C2H6/c1-5-8-12(7-3)9(6-2)10(13)11-4;2*1-2/h5-8H,3H2,1-2,4H3,(H,11,13);2*1-2H3/b8-5+,9-6-;;. The summed E-state index contributed by atoms with van der Waals surface area (Å²) in [5, 5.41) is 2.56. The molecule has 0 aliphatic carbocycles. The van der Waals surface area contributed by atoms with Crippen LogP contribution in [0.15, 0.2) is 36.8 Å². The summed E-state index contributed by atoms with van der Waals surface area (Å²) in [6.45, 7) is 15.3. The van der Waals surface area contributed by atoms with Crippen molar-refractivity contribution in [1.29, 1.82) is 0 Å². The van der Waals surface area contributed by atoms with Crippen LogP contribution >= 0.6 is 0 Å². The maximum Gasteiger partial charge on any atom is 0.267 e. The van der Waals surface area contributed by atoms with Crippen molar-refractivity contribution in [3.05, 3.63) is 36.8 Å². The van der Waals surface area contributed by atoms with Gasteiger partial charge in [-0.1, -0.05) is 46.4 Å². The van der Waals surface area contributed by atoms with Gasteiger partial charge in [0.2, 0.25) is 0 Å². The topological polar surface area (TPSA) is 32.3 Å². The van der Waals surface area contributed by atoms with E-state index >= 15 is 0 Å². The first kappa shape index (κ1) is 20.8. The van der Waals surface area contributed by atoms with E-state index in [1.807, 2.05) is 47.6 Å². The molecule has 3 nitrogen and oxygen atoms in total. The number of nitrogens with zero attached hydrogens (tertiary/aromatic N) is 1. The van der Waals surface area contributed by atoms with Crippen LogP contribution in [-0.2, 0) is 4.79 Å². The Labute approximate surface area is 107 Å². The first-order valence-corrected chi connectivity index (χ1v) is 6.13. The molecule has 0 aliphatic rings. The highest BCUT2D eigenvalue weighted by Crippen LogP contribution is 2.05. The van der Waals surface area contributed by atoms with E-state index < -0.39 is 0 Å². The maximum atomic E-state index is 11.3. The lowest BCUT2D eigenvalue weighted by molar-refractivity contribution is -0.118. The van der Waals surface area contributed by atoms with E-state index in [4.69, 9.17) is 0 Å². The van der Waals surface area contributed by atoms with Crippen molar-refractivity contribution in [3.8, 4) is 0 Å². The van der Waals surface area contributed by atoms with Crippen molar-refractivity contribution in [2.75, 3.05) is 7.05 Å². The van der Waals surface area contributed by atoms with Crippen LogP contribution in [0.1, 0.15) is 41.5 Å². The molecule has 0 atom stereocenters. The summed E-state index contributed by atoms with van der Waals surface area (Å²) >= 11 is 0. The first-order valence-electron chi connectivity index (χ1n) is 6.13. The summed E-state index contributed by atoms with van der Waals surface area (Å²) in [7, 11) is 1.60. The largest absolute Gasteiger partial charge is 0.354 e. The van der Waals surface area contributed by atoms with Crippen LogP contribution in [0.2, 0.25) is 0 Å². The minimum Gasteiger partial charge on any atom is -0.354 e. The van der Waals surface area contributed by atoms with Gasteiger partial charge in [0, 0.05) is 19.4 Å². The van der Waals surface area contributed by atoms with Crippen LogP contribution in [0.25, 0.3) is 0 Å². The molecule has 0 aromatic rings. The summed E-state index contributed by atoms with van der Waals surface area (Å²) in [4.78, 5) is 13.0. The molecule has 0 fully saturated rings. The molecule has 100 valence electrons. The molecule has 0 saturated carbocycles. The zero-order valence-electron chi connectivity index (χ0n) is 12.4. The fraction of sp³-hybridized carbons (Fsp3) is 0.500. The fourth-order valence-electron chi connectivity index (χ4n) is 0.926. The smallest absolute Gasteiger partial charge is 0.267 e. The monoisotopic (exact) mass is 240 g/mol. The fourth-order valence-corrected chi connectivity index (χ4v) is 0.926. The molecule has 1 amide bonds. The van der Waals surface area contributed by atoms with Crippen LogP contribution in [0.3, 0.4) is 0 Å². The third-order valence-corrected chi connectivity index (χ3v) is 1.52. The molecule has 0 aromatic heterocycles. The highest BCUT2D eigenvalue weighted by Gasteiger charge is 2.09. The van der Waals surface area contributed by atoms with Crippen LogP contribution < -0.4 is 5.32 Å². The molecule has 0 rings (SSSR count). The number of allylic oxidation sites excluding steroid dienone is 2. The second kappa shape index (κ2) is 16.9. The van der Waals surface area contributed by atoms with Gasteiger partial charge < -0.3 is 10.2 Å². The second-order valence-corrected chi connectivity index (χ2v) is 2.33. The summed E-state index contributed by atoms with van der Waals surface area (Å²) in [6, 6.07) is 0. The Morgan fingerprint density at radius 1 is 1.18 bits per heavy atom. The van der Waals surface area contributed by atoms with Gasteiger partial charge in [0.1, 0.15) is 5.70 Å².